The van der Waals surface area contributed by atoms with Gasteiger partial charge in [-0.25, -0.2) is 9.97 Å². The van der Waals surface area contributed by atoms with Crippen LogP contribution in [-0.4, -0.2) is 59.1 Å². The van der Waals surface area contributed by atoms with E-state index in [-0.39, 0.29) is 16.7 Å². The first kappa shape index (κ1) is 15.9. The van der Waals surface area contributed by atoms with Crippen molar-refractivity contribution in [2.45, 2.75) is 38.1 Å². The van der Waals surface area contributed by atoms with E-state index in [2.05, 4.69) is 27.2 Å². The molecular weight excluding hydrogens is 296 g/mol. The molecule has 0 aromatic carbocycles. The lowest BCUT2D eigenvalue weighted by Gasteiger charge is -2.33. The molecule has 1 saturated heterocycles. The fourth-order valence-electron chi connectivity index (χ4n) is 3.33. The molecule has 0 amide bonds. The summed E-state index contributed by atoms with van der Waals surface area (Å²) in [6, 6.07) is 0.276. The van der Waals surface area contributed by atoms with Crippen molar-refractivity contribution < 1.29 is 4.92 Å². The van der Waals surface area contributed by atoms with Gasteiger partial charge in [0.2, 0.25) is 11.6 Å². The van der Waals surface area contributed by atoms with Crippen molar-refractivity contribution >= 4 is 17.3 Å². The Morgan fingerprint density at radius 3 is 2.52 bits per heavy atom. The van der Waals surface area contributed by atoms with E-state index >= 15 is 0 Å². The highest BCUT2D eigenvalue weighted by Gasteiger charge is 2.29. The minimum atomic E-state index is -0.348. The van der Waals surface area contributed by atoms with Crippen LogP contribution in [-0.2, 0) is 0 Å². The Labute approximate surface area is 136 Å². The van der Waals surface area contributed by atoms with Crippen LogP contribution in [0.15, 0.2) is 6.33 Å². The largest absolute Gasteiger partial charge is 0.361 e. The molecule has 2 heterocycles. The molecule has 2 aliphatic rings. The number of likely N-dealkylation sites (N-methyl/N-ethyl adjacent to an activating group) is 1. The van der Waals surface area contributed by atoms with Crippen molar-refractivity contribution in [2.24, 2.45) is 0 Å². The molecule has 23 heavy (non-hydrogen) atoms. The zero-order chi connectivity index (χ0) is 16.2. The van der Waals surface area contributed by atoms with Gasteiger partial charge in [-0.1, -0.05) is 19.3 Å². The Bertz CT molecular complexity index is 553. The Morgan fingerprint density at radius 2 is 1.87 bits per heavy atom. The molecular formula is C15H24N6O2. The Balaban J connectivity index is 1.84. The third kappa shape index (κ3) is 3.69. The smallest absolute Gasteiger partial charge is 0.353 e. The molecule has 0 spiro atoms. The highest BCUT2D eigenvalue weighted by Crippen LogP contribution is 2.33. The van der Waals surface area contributed by atoms with Gasteiger partial charge in [0.05, 0.1) is 4.92 Å². The fourth-order valence-corrected chi connectivity index (χ4v) is 3.33. The van der Waals surface area contributed by atoms with Crippen LogP contribution < -0.4 is 10.2 Å². The lowest BCUT2D eigenvalue weighted by atomic mass is 9.95. The minimum absolute atomic E-state index is 0.0163. The lowest BCUT2D eigenvalue weighted by molar-refractivity contribution is -0.383. The quantitative estimate of drug-likeness (QED) is 0.669. The third-order valence-electron chi connectivity index (χ3n) is 4.73. The van der Waals surface area contributed by atoms with Crippen molar-refractivity contribution in [3.63, 3.8) is 0 Å². The molecule has 0 bridgehead atoms. The summed E-state index contributed by atoms with van der Waals surface area (Å²) in [4.78, 5) is 23.9. The molecule has 1 aliphatic carbocycles. The van der Waals surface area contributed by atoms with Gasteiger partial charge in [-0.05, 0) is 19.9 Å². The number of aromatic nitrogens is 2. The van der Waals surface area contributed by atoms with Crippen molar-refractivity contribution in [2.75, 3.05) is 43.4 Å². The number of nitro groups is 1. The molecule has 1 N–H and O–H groups in total. The van der Waals surface area contributed by atoms with E-state index in [0.29, 0.717) is 11.6 Å². The van der Waals surface area contributed by atoms with E-state index in [4.69, 9.17) is 0 Å². The summed E-state index contributed by atoms with van der Waals surface area (Å²) in [5.41, 5.74) is 0.0163. The van der Waals surface area contributed by atoms with Crippen LogP contribution in [0.25, 0.3) is 0 Å². The highest BCUT2D eigenvalue weighted by atomic mass is 16.6. The number of anilines is 2. The van der Waals surface area contributed by atoms with Crippen LogP contribution in [0.3, 0.4) is 0 Å². The molecule has 0 radical (unpaired) electrons. The zero-order valence-electron chi connectivity index (χ0n) is 13.6. The normalized spacial score (nSPS) is 20.5. The molecule has 8 nitrogen and oxygen atoms in total. The average Bonchev–Trinajstić information content (AvgIpc) is 2.56. The molecule has 3 rings (SSSR count). The molecule has 1 aliphatic heterocycles. The predicted molar refractivity (Wildman–Crippen MR) is 88.9 cm³/mol. The minimum Gasteiger partial charge on any atom is -0.361 e. The van der Waals surface area contributed by atoms with Crippen molar-refractivity contribution in [3.05, 3.63) is 16.4 Å². The predicted octanol–water partition coefficient (Wildman–Crippen LogP) is 1.88. The van der Waals surface area contributed by atoms with Gasteiger partial charge in [0, 0.05) is 32.2 Å². The summed E-state index contributed by atoms with van der Waals surface area (Å²) >= 11 is 0. The highest BCUT2D eigenvalue weighted by molar-refractivity contribution is 5.70. The number of nitrogens with zero attached hydrogens (tertiary/aromatic N) is 5. The fraction of sp³-hybridized carbons (Fsp3) is 0.733. The van der Waals surface area contributed by atoms with Gasteiger partial charge >= 0.3 is 5.69 Å². The van der Waals surface area contributed by atoms with Gasteiger partial charge in [-0.3, -0.25) is 10.1 Å². The summed E-state index contributed by atoms with van der Waals surface area (Å²) in [6.07, 6.45) is 7.11. The Hall–Kier alpha value is -1.96. The average molecular weight is 320 g/mol. The van der Waals surface area contributed by atoms with Gasteiger partial charge in [-0.15, -0.1) is 0 Å². The second-order valence-electron chi connectivity index (χ2n) is 6.42. The second kappa shape index (κ2) is 7.08. The van der Waals surface area contributed by atoms with Crippen LogP contribution in [0.1, 0.15) is 32.1 Å². The Morgan fingerprint density at radius 1 is 1.17 bits per heavy atom. The van der Waals surface area contributed by atoms with Gasteiger partial charge in [0.15, 0.2) is 0 Å². The van der Waals surface area contributed by atoms with Gasteiger partial charge in [0.25, 0.3) is 0 Å². The van der Waals surface area contributed by atoms with Crippen molar-refractivity contribution in [1.82, 2.24) is 14.9 Å². The summed E-state index contributed by atoms with van der Waals surface area (Å²) in [6.45, 7) is 3.26. The summed E-state index contributed by atoms with van der Waals surface area (Å²) in [5.74, 6) is 0.808. The van der Waals surface area contributed by atoms with E-state index in [9.17, 15) is 10.1 Å². The molecule has 1 saturated carbocycles. The van der Waals surface area contributed by atoms with Gasteiger partial charge in [0.1, 0.15) is 6.33 Å². The van der Waals surface area contributed by atoms with Gasteiger partial charge < -0.3 is 15.1 Å². The number of nitrogens with one attached hydrogen (secondary N) is 1. The monoisotopic (exact) mass is 320 g/mol. The standard InChI is InChI=1S/C15H24N6O2/c1-19-7-9-20(10-8-19)15-13(21(22)23)14(16-11-17-15)18-12-5-3-2-4-6-12/h11-12H,2-10H2,1H3,(H,16,17,18). The van der Waals surface area contributed by atoms with Crippen molar-refractivity contribution in [3.8, 4) is 0 Å². The SMILES string of the molecule is CN1CCN(c2ncnc(NC3CCCCC3)c2[N+](=O)[O-])CC1. The summed E-state index contributed by atoms with van der Waals surface area (Å²) in [7, 11) is 2.06. The molecule has 0 atom stereocenters. The molecule has 1 aromatic rings. The second-order valence-corrected chi connectivity index (χ2v) is 6.42. The Kier molecular flexibility index (Phi) is 4.90. The van der Waals surface area contributed by atoms with E-state index in [1.165, 1.54) is 25.6 Å². The maximum Gasteiger partial charge on any atom is 0.353 e. The third-order valence-corrected chi connectivity index (χ3v) is 4.73. The summed E-state index contributed by atoms with van der Waals surface area (Å²) in [5, 5.41) is 14.9. The zero-order valence-corrected chi connectivity index (χ0v) is 13.6. The number of hydrogen-bond donors (Lipinski definition) is 1. The van der Waals surface area contributed by atoms with E-state index in [1.54, 1.807) is 0 Å². The topological polar surface area (TPSA) is 87.4 Å². The van der Waals surface area contributed by atoms with Gasteiger partial charge in [-0.2, -0.15) is 0 Å². The molecule has 8 heteroatoms. The first-order chi connectivity index (χ1) is 11.1. The van der Waals surface area contributed by atoms with Crippen molar-refractivity contribution in [1.29, 1.82) is 0 Å². The first-order valence-corrected chi connectivity index (χ1v) is 8.34. The van der Waals surface area contributed by atoms with E-state index in [1.807, 2.05) is 4.90 Å². The number of rotatable bonds is 4. The lowest BCUT2D eigenvalue weighted by Crippen LogP contribution is -2.45. The summed E-state index contributed by atoms with van der Waals surface area (Å²) < 4.78 is 0. The molecule has 1 aromatic heterocycles. The maximum absolute atomic E-state index is 11.6. The number of piperazine rings is 1. The van der Waals surface area contributed by atoms with E-state index < -0.39 is 0 Å². The molecule has 0 unspecified atom stereocenters. The maximum atomic E-state index is 11.6. The molecule has 126 valence electrons. The number of hydrogen-bond acceptors (Lipinski definition) is 7. The van der Waals surface area contributed by atoms with Crippen LogP contribution in [0.4, 0.5) is 17.3 Å². The molecule has 2 fully saturated rings. The van der Waals surface area contributed by atoms with Crippen LogP contribution in [0.2, 0.25) is 0 Å². The van der Waals surface area contributed by atoms with Crippen LogP contribution >= 0.6 is 0 Å². The van der Waals surface area contributed by atoms with E-state index in [0.717, 1.165) is 39.0 Å². The van der Waals surface area contributed by atoms with Crippen LogP contribution in [0, 0.1) is 10.1 Å². The first-order valence-electron chi connectivity index (χ1n) is 8.34. The van der Waals surface area contributed by atoms with Crippen LogP contribution in [0.5, 0.6) is 0 Å².